The van der Waals surface area contributed by atoms with E-state index in [-0.39, 0.29) is 24.4 Å². The lowest BCUT2D eigenvalue weighted by molar-refractivity contribution is -0.139. The van der Waals surface area contributed by atoms with Gasteiger partial charge in [-0.25, -0.2) is 0 Å². The Morgan fingerprint density at radius 3 is 2.50 bits per heavy atom. The Bertz CT molecular complexity index is 591. The summed E-state index contributed by atoms with van der Waals surface area (Å²) in [7, 11) is 2.01. The lowest BCUT2D eigenvalue weighted by atomic mass is 9.65. The maximum absolute atomic E-state index is 13.1. The number of aryl methyl sites for hydroxylation is 1. The second-order valence-corrected chi connectivity index (χ2v) is 7.90. The summed E-state index contributed by atoms with van der Waals surface area (Å²) >= 11 is 0. The second kappa shape index (κ2) is 7.05. The summed E-state index contributed by atoms with van der Waals surface area (Å²) in [6.07, 6.45) is 7.93. The van der Waals surface area contributed by atoms with Gasteiger partial charge in [0, 0.05) is 19.0 Å². The predicted octanol–water partition coefficient (Wildman–Crippen LogP) is 3.71. The van der Waals surface area contributed by atoms with Crippen LogP contribution in [0.3, 0.4) is 0 Å². The van der Waals surface area contributed by atoms with E-state index < -0.39 is 0 Å². The van der Waals surface area contributed by atoms with Crippen LogP contribution in [0.2, 0.25) is 0 Å². The third-order valence-corrected chi connectivity index (χ3v) is 6.68. The topological polar surface area (TPSA) is 46.3 Å². The molecular formula is C20H29ClN2O. The Morgan fingerprint density at radius 1 is 1.12 bits per heavy atom. The molecule has 132 valence electrons. The van der Waals surface area contributed by atoms with Crippen LogP contribution in [-0.2, 0) is 11.2 Å². The molecular weight excluding hydrogens is 320 g/mol. The number of hydrogen-bond acceptors (Lipinski definition) is 2. The third-order valence-electron chi connectivity index (χ3n) is 6.68. The van der Waals surface area contributed by atoms with Crippen molar-refractivity contribution in [2.24, 2.45) is 23.5 Å². The minimum Gasteiger partial charge on any atom is -0.338 e. The van der Waals surface area contributed by atoms with Crippen LogP contribution in [0.15, 0.2) is 24.3 Å². The molecule has 3 unspecified atom stereocenters. The minimum absolute atomic E-state index is 0. The molecule has 1 aromatic carbocycles. The second-order valence-electron chi connectivity index (χ2n) is 7.90. The predicted molar refractivity (Wildman–Crippen MR) is 99.1 cm³/mol. The standard InChI is InChI=1S/C20H28N2O.ClH/c1-22(18-10-9-13-5-2-3-8-17(13)18)20(23)16-11-14-6-4-7-15(12-16)19(14)21;/h2-3,5,8,14-16,18-19H,4,6-7,9-12,21H2,1H3;1H. The summed E-state index contributed by atoms with van der Waals surface area (Å²) in [5, 5.41) is 0. The highest BCUT2D eigenvalue weighted by molar-refractivity contribution is 5.85. The van der Waals surface area contributed by atoms with E-state index in [0.29, 0.717) is 23.8 Å². The van der Waals surface area contributed by atoms with Gasteiger partial charge in [0.15, 0.2) is 0 Å². The molecule has 1 amide bonds. The van der Waals surface area contributed by atoms with E-state index in [1.54, 1.807) is 0 Å². The summed E-state index contributed by atoms with van der Waals surface area (Å²) in [6.45, 7) is 0. The number of benzene rings is 1. The van der Waals surface area contributed by atoms with Gasteiger partial charge in [-0.05, 0) is 61.5 Å². The van der Waals surface area contributed by atoms with Crippen molar-refractivity contribution in [1.82, 2.24) is 4.90 Å². The molecule has 0 aromatic heterocycles. The molecule has 0 heterocycles. The maximum Gasteiger partial charge on any atom is 0.225 e. The van der Waals surface area contributed by atoms with Crippen LogP contribution in [0, 0.1) is 17.8 Å². The summed E-state index contributed by atoms with van der Waals surface area (Å²) < 4.78 is 0. The maximum atomic E-state index is 13.1. The zero-order valence-electron chi connectivity index (χ0n) is 14.5. The first-order chi connectivity index (χ1) is 11.1. The molecule has 2 fully saturated rings. The number of fused-ring (bicyclic) bond motifs is 3. The van der Waals surface area contributed by atoms with Crippen LogP contribution < -0.4 is 5.73 Å². The number of nitrogens with zero attached hydrogens (tertiary/aromatic N) is 1. The Morgan fingerprint density at radius 2 is 1.79 bits per heavy atom. The van der Waals surface area contributed by atoms with Crippen molar-refractivity contribution >= 4 is 18.3 Å². The molecule has 3 nitrogen and oxygen atoms in total. The number of nitrogens with two attached hydrogens (primary N) is 1. The van der Waals surface area contributed by atoms with Crippen LogP contribution in [0.4, 0.5) is 0 Å². The van der Waals surface area contributed by atoms with E-state index in [9.17, 15) is 4.79 Å². The van der Waals surface area contributed by atoms with Crippen LogP contribution in [0.25, 0.3) is 0 Å². The molecule has 24 heavy (non-hydrogen) atoms. The van der Waals surface area contributed by atoms with Gasteiger partial charge in [0.05, 0.1) is 6.04 Å². The van der Waals surface area contributed by atoms with Crippen molar-refractivity contribution in [2.75, 3.05) is 7.05 Å². The van der Waals surface area contributed by atoms with Crippen LogP contribution in [0.5, 0.6) is 0 Å². The fourth-order valence-corrected chi connectivity index (χ4v) is 5.37. The van der Waals surface area contributed by atoms with Crippen LogP contribution >= 0.6 is 12.4 Å². The van der Waals surface area contributed by atoms with Gasteiger partial charge in [-0.3, -0.25) is 4.79 Å². The van der Waals surface area contributed by atoms with Gasteiger partial charge in [-0.2, -0.15) is 0 Å². The normalized spacial score (nSPS) is 34.2. The highest BCUT2D eigenvalue weighted by atomic mass is 35.5. The average molecular weight is 349 g/mol. The van der Waals surface area contributed by atoms with Crippen LogP contribution in [-0.4, -0.2) is 23.9 Å². The highest BCUT2D eigenvalue weighted by Crippen LogP contribution is 2.43. The molecule has 4 rings (SSSR count). The molecule has 1 aromatic rings. The fourth-order valence-electron chi connectivity index (χ4n) is 5.37. The first-order valence-corrected chi connectivity index (χ1v) is 9.25. The Balaban J connectivity index is 0.00000169. The molecule has 2 bridgehead atoms. The summed E-state index contributed by atoms with van der Waals surface area (Å²) in [6, 6.07) is 9.21. The Kier molecular flexibility index (Phi) is 5.22. The van der Waals surface area contributed by atoms with Gasteiger partial charge in [-0.1, -0.05) is 30.7 Å². The molecule has 0 aliphatic heterocycles. The molecule has 3 aliphatic carbocycles. The van der Waals surface area contributed by atoms with Gasteiger partial charge in [0.1, 0.15) is 0 Å². The zero-order valence-corrected chi connectivity index (χ0v) is 15.3. The average Bonchev–Trinajstić information content (AvgIpc) is 2.97. The number of rotatable bonds is 2. The van der Waals surface area contributed by atoms with E-state index in [1.165, 1.54) is 30.4 Å². The van der Waals surface area contributed by atoms with Gasteiger partial charge < -0.3 is 10.6 Å². The minimum atomic E-state index is 0. The van der Waals surface area contributed by atoms with Crippen molar-refractivity contribution in [2.45, 2.75) is 57.0 Å². The van der Waals surface area contributed by atoms with Crippen molar-refractivity contribution in [3.8, 4) is 0 Å². The largest absolute Gasteiger partial charge is 0.338 e. The van der Waals surface area contributed by atoms with E-state index in [1.807, 2.05) is 11.9 Å². The molecule has 4 heteroatoms. The Hall–Kier alpha value is -1.06. The zero-order chi connectivity index (χ0) is 16.0. The first-order valence-electron chi connectivity index (χ1n) is 9.25. The number of carbonyl (C=O) groups excluding carboxylic acids is 1. The van der Waals surface area contributed by atoms with Gasteiger partial charge in [-0.15, -0.1) is 12.4 Å². The highest BCUT2D eigenvalue weighted by Gasteiger charge is 2.42. The summed E-state index contributed by atoms with van der Waals surface area (Å²) in [5.41, 5.74) is 9.16. The Labute approximate surface area is 151 Å². The van der Waals surface area contributed by atoms with Gasteiger partial charge >= 0.3 is 0 Å². The lowest BCUT2D eigenvalue weighted by Gasteiger charge is -2.44. The number of carbonyl (C=O) groups is 1. The SMILES string of the molecule is CN(C(=O)C1CC2CCCC(C1)C2N)C1CCc2ccccc21.Cl. The van der Waals surface area contributed by atoms with E-state index >= 15 is 0 Å². The molecule has 3 atom stereocenters. The van der Waals surface area contributed by atoms with Crippen molar-refractivity contribution in [3.05, 3.63) is 35.4 Å². The monoisotopic (exact) mass is 348 g/mol. The van der Waals surface area contributed by atoms with Crippen molar-refractivity contribution < 1.29 is 4.79 Å². The number of halogens is 1. The van der Waals surface area contributed by atoms with Crippen LogP contribution in [0.1, 0.15) is 55.7 Å². The summed E-state index contributed by atoms with van der Waals surface area (Å²) in [4.78, 5) is 15.2. The third kappa shape index (κ3) is 2.97. The first kappa shape index (κ1) is 17.8. The van der Waals surface area contributed by atoms with E-state index in [4.69, 9.17) is 5.73 Å². The number of hydrogen-bond donors (Lipinski definition) is 1. The molecule has 0 radical (unpaired) electrons. The molecule has 2 N–H and O–H groups in total. The molecule has 3 aliphatic rings. The quantitative estimate of drug-likeness (QED) is 0.885. The van der Waals surface area contributed by atoms with E-state index in [0.717, 1.165) is 25.7 Å². The molecule has 0 spiro atoms. The fraction of sp³-hybridized carbons (Fsp3) is 0.650. The molecule has 0 saturated heterocycles. The molecule has 2 saturated carbocycles. The number of amides is 1. The lowest BCUT2D eigenvalue weighted by Crippen LogP contribution is -2.49. The van der Waals surface area contributed by atoms with Gasteiger partial charge in [0.25, 0.3) is 0 Å². The summed E-state index contributed by atoms with van der Waals surface area (Å²) in [5.74, 6) is 1.69. The van der Waals surface area contributed by atoms with Crippen molar-refractivity contribution in [3.63, 3.8) is 0 Å². The van der Waals surface area contributed by atoms with Crippen molar-refractivity contribution in [1.29, 1.82) is 0 Å². The van der Waals surface area contributed by atoms with Gasteiger partial charge in [0.2, 0.25) is 5.91 Å². The van der Waals surface area contributed by atoms with E-state index in [2.05, 4.69) is 24.3 Å². The smallest absolute Gasteiger partial charge is 0.225 e.